The largest absolute Gasteiger partial charge is 0.340 e. The van der Waals surface area contributed by atoms with Crippen molar-refractivity contribution in [3.63, 3.8) is 0 Å². The predicted octanol–water partition coefficient (Wildman–Crippen LogP) is 6.01. The van der Waals surface area contributed by atoms with E-state index >= 15 is 0 Å². The molecule has 0 bridgehead atoms. The zero-order chi connectivity index (χ0) is 31.8. The normalized spacial score (nSPS) is 15.6. The van der Waals surface area contributed by atoms with Crippen LogP contribution >= 0.6 is 34.8 Å². The number of benzene rings is 2. The second-order valence-corrected chi connectivity index (χ2v) is 12.7. The van der Waals surface area contributed by atoms with Crippen LogP contribution in [0, 0.1) is 0 Å². The number of imidazole rings is 1. The van der Waals surface area contributed by atoms with Gasteiger partial charge in [-0.2, -0.15) is 0 Å². The molecular weight excluding hydrogens is 633 g/mol. The topological polar surface area (TPSA) is 86.6 Å². The van der Waals surface area contributed by atoms with E-state index in [9.17, 15) is 9.59 Å². The Bertz CT molecular complexity index is 1780. The molecule has 1 N–H and O–H groups in total. The Morgan fingerprint density at radius 2 is 1.53 bits per heavy atom. The molecule has 4 aromatic rings. The number of piperazine rings is 1. The first kappa shape index (κ1) is 31.5. The molecule has 9 nitrogen and oxygen atoms in total. The van der Waals surface area contributed by atoms with Gasteiger partial charge in [-0.25, -0.2) is 9.97 Å². The Labute approximate surface area is 277 Å². The molecule has 4 heterocycles. The number of nitrogens with one attached hydrogen (secondary N) is 1. The summed E-state index contributed by atoms with van der Waals surface area (Å²) in [5.41, 5.74) is 6.12. The number of pyridine rings is 1. The lowest BCUT2D eigenvalue weighted by molar-refractivity contribution is -0.130. The number of amides is 2. The maximum Gasteiger partial charge on any atom is 0.291 e. The number of likely N-dealkylation sites (N-methyl/N-ethyl adjacent to an activating group) is 1. The molecule has 0 spiro atoms. The molecule has 2 aromatic heterocycles. The minimum absolute atomic E-state index is 0.103. The lowest BCUT2D eigenvalue weighted by Gasteiger charge is -2.34. The molecule has 0 unspecified atom stereocenters. The Balaban J connectivity index is 1.22. The lowest BCUT2D eigenvalue weighted by atomic mass is 10.00. The number of hydrogen-bond acceptors (Lipinski definition) is 6. The molecule has 45 heavy (non-hydrogen) atoms. The second kappa shape index (κ2) is 13.1. The van der Waals surface area contributed by atoms with Gasteiger partial charge in [-0.15, -0.1) is 0 Å². The van der Waals surface area contributed by atoms with Crippen molar-refractivity contribution in [3.8, 4) is 22.4 Å². The molecule has 1 fully saturated rings. The molecule has 12 heteroatoms. The van der Waals surface area contributed by atoms with Crippen molar-refractivity contribution in [2.24, 2.45) is 7.05 Å². The smallest absolute Gasteiger partial charge is 0.291 e. The number of aromatic nitrogens is 3. The summed E-state index contributed by atoms with van der Waals surface area (Å²) >= 11 is 20.6. The van der Waals surface area contributed by atoms with E-state index in [0.717, 1.165) is 43.0 Å². The maximum atomic E-state index is 13.3. The summed E-state index contributed by atoms with van der Waals surface area (Å²) in [7, 11) is 3.92. The highest BCUT2D eigenvalue weighted by Crippen LogP contribution is 2.41. The van der Waals surface area contributed by atoms with Crippen LogP contribution in [-0.4, -0.2) is 80.8 Å². The highest BCUT2D eigenvalue weighted by atomic mass is 35.5. The number of halogens is 3. The SMILES string of the molecule is CC(=O)N1CCN(Cc2ccc(-c3cccc(-c4cccc(NC(=O)c5nc6c(n5C)CCN(C)C6)c4Cl)c3Cl)nc2Cl)CC1. The van der Waals surface area contributed by atoms with E-state index < -0.39 is 0 Å². The van der Waals surface area contributed by atoms with Crippen LogP contribution < -0.4 is 5.32 Å². The lowest BCUT2D eigenvalue weighted by Crippen LogP contribution is -2.47. The van der Waals surface area contributed by atoms with Crippen molar-refractivity contribution in [1.29, 1.82) is 0 Å². The molecule has 6 rings (SSSR count). The number of rotatable bonds is 6. The van der Waals surface area contributed by atoms with Gasteiger partial charge in [0.1, 0.15) is 5.15 Å². The van der Waals surface area contributed by atoms with Gasteiger partial charge in [-0.3, -0.25) is 14.5 Å². The molecule has 0 radical (unpaired) electrons. The van der Waals surface area contributed by atoms with Crippen LogP contribution in [0.4, 0.5) is 5.69 Å². The van der Waals surface area contributed by atoms with Crippen LogP contribution in [0.3, 0.4) is 0 Å². The summed E-state index contributed by atoms with van der Waals surface area (Å²) in [5, 5.41) is 4.21. The average molecular weight is 667 g/mol. The van der Waals surface area contributed by atoms with Gasteiger partial charge in [0.25, 0.3) is 5.91 Å². The van der Waals surface area contributed by atoms with Gasteiger partial charge in [0.15, 0.2) is 5.82 Å². The Morgan fingerprint density at radius 1 is 0.844 bits per heavy atom. The minimum atomic E-state index is -0.326. The number of carbonyl (C=O) groups is 2. The van der Waals surface area contributed by atoms with Crippen LogP contribution in [0.1, 0.15) is 34.5 Å². The molecule has 2 aliphatic heterocycles. The standard InChI is InChI=1S/C33H34Cl3N7O2/c1-20(44)43-16-14-42(15-17-43)18-21-10-11-25(37-31(21)36)24-8-4-6-22(29(24)34)23-7-5-9-26(30(23)35)39-33(45)32-38-27-19-40(2)13-12-28(27)41(32)3/h4-11H,12-19H2,1-3H3,(H,39,45). The van der Waals surface area contributed by atoms with Crippen LogP contribution in [0.5, 0.6) is 0 Å². The fraction of sp³-hybridized carbons (Fsp3) is 0.333. The summed E-state index contributed by atoms with van der Waals surface area (Å²) in [4.78, 5) is 40.6. The summed E-state index contributed by atoms with van der Waals surface area (Å²) in [6.45, 7) is 6.87. The van der Waals surface area contributed by atoms with Gasteiger partial charge >= 0.3 is 0 Å². The average Bonchev–Trinajstić information content (AvgIpc) is 3.35. The first-order chi connectivity index (χ1) is 21.6. The van der Waals surface area contributed by atoms with Crippen molar-refractivity contribution < 1.29 is 9.59 Å². The third-order valence-electron chi connectivity index (χ3n) is 8.60. The summed E-state index contributed by atoms with van der Waals surface area (Å²) in [6, 6.07) is 15.0. The van der Waals surface area contributed by atoms with E-state index in [1.807, 2.05) is 66.0 Å². The van der Waals surface area contributed by atoms with Crippen molar-refractivity contribution in [3.05, 3.63) is 86.5 Å². The third-order valence-corrected chi connectivity index (χ3v) is 9.74. The van der Waals surface area contributed by atoms with Gasteiger partial charge in [0, 0.05) is 94.2 Å². The first-order valence-corrected chi connectivity index (χ1v) is 16.0. The van der Waals surface area contributed by atoms with E-state index in [2.05, 4.69) is 25.1 Å². The highest BCUT2D eigenvalue weighted by molar-refractivity contribution is 6.39. The van der Waals surface area contributed by atoms with Gasteiger partial charge in [-0.1, -0.05) is 71.2 Å². The predicted molar refractivity (Wildman–Crippen MR) is 179 cm³/mol. The van der Waals surface area contributed by atoms with E-state index in [4.69, 9.17) is 34.8 Å². The molecule has 2 amide bonds. The molecule has 234 valence electrons. The summed E-state index contributed by atoms with van der Waals surface area (Å²) in [5.74, 6) is 0.126. The Kier molecular flexibility index (Phi) is 9.17. The number of carbonyl (C=O) groups excluding carboxylic acids is 2. The van der Waals surface area contributed by atoms with Gasteiger partial charge in [0.05, 0.1) is 27.1 Å². The van der Waals surface area contributed by atoms with Crippen LogP contribution in [-0.2, 0) is 31.4 Å². The van der Waals surface area contributed by atoms with Gasteiger partial charge in [0.2, 0.25) is 5.91 Å². The van der Waals surface area contributed by atoms with Crippen molar-refractivity contribution in [1.82, 2.24) is 29.2 Å². The van der Waals surface area contributed by atoms with Crippen molar-refractivity contribution in [2.75, 3.05) is 45.1 Å². The van der Waals surface area contributed by atoms with Gasteiger partial charge in [-0.05, 0) is 19.2 Å². The molecule has 2 aliphatic rings. The van der Waals surface area contributed by atoms with Crippen molar-refractivity contribution >= 4 is 52.3 Å². The zero-order valence-corrected chi connectivity index (χ0v) is 27.7. The van der Waals surface area contributed by atoms with E-state index in [1.54, 1.807) is 13.0 Å². The number of anilines is 1. The molecule has 2 aromatic carbocycles. The fourth-order valence-electron chi connectivity index (χ4n) is 6.01. The molecule has 0 atom stereocenters. The minimum Gasteiger partial charge on any atom is -0.340 e. The summed E-state index contributed by atoms with van der Waals surface area (Å²) in [6.07, 6.45) is 0.843. The van der Waals surface area contributed by atoms with Crippen molar-refractivity contribution in [2.45, 2.75) is 26.4 Å². The third kappa shape index (κ3) is 6.46. The van der Waals surface area contributed by atoms with E-state index in [-0.39, 0.29) is 11.8 Å². The first-order valence-electron chi connectivity index (χ1n) is 14.9. The summed E-state index contributed by atoms with van der Waals surface area (Å²) < 4.78 is 1.87. The Morgan fingerprint density at radius 3 is 2.24 bits per heavy atom. The number of hydrogen-bond donors (Lipinski definition) is 1. The quantitative estimate of drug-likeness (QED) is 0.254. The molecule has 0 saturated carbocycles. The highest BCUT2D eigenvalue weighted by Gasteiger charge is 2.25. The molecule has 1 saturated heterocycles. The molecule has 0 aliphatic carbocycles. The Hall–Kier alpha value is -3.47. The number of fused-ring (bicyclic) bond motifs is 1. The fourth-order valence-corrected chi connectivity index (χ4v) is 6.82. The van der Waals surface area contributed by atoms with Crippen LogP contribution in [0.15, 0.2) is 48.5 Å². The number of nitrogens with zero attached hydrogens (tertiary/aromatic N) is 6. The molecular formula is C33H34Cl3N7O2. The van der Waals surface area contributed by atoms with E-state index in [1.165, 1.54) is 0 Å². The van der Waals surface area contributed by atoms with Gasteiger partial charge < -0.3 is 19.7 Å². The zero-order valence-electron chi connectivity index (χ0n) is 25.4. The van der Waals surface area contributed by atoms with Crippen LogP contribution in [0.25, 0.3) is 22.4 Å². The second-order valence-electron chi connectivity index (χ2n) is 11.6. The van der Waals surface area contributed by atoms with Crippen LogP contribution in [0.2, 0.25) is 15.2 Å². The van der Waals surface area contributed by atoms with E-state index in [0.29, 0.717) is 75.3 Å². The monoisotopic (exact) mass is 665 g/mol. The maximum absolute atomic E-state index is 13.3.